The number of hydrogen-bond acceptors (Lipinski definition) is 4. The third kappa shape index (κ3) is 6.70. The molecule has 0 bridgehead atoms. The molecule has 26 heavy (non-hydrogen) atoms. The molecule has 0 radical (unpaired) electrons. The van der Waals surface area contributed by atoms with Gasteiger partial charge in [0.2, 0.25) is 0 Å². The van der Waals surface area contributed by atoms with Gasteiger partial charge in [0.05, 0.1) is 24.9 Å². The highest BCUT2D eigenvalue weighted by atomic mass is 127. The van der Waals surface area contributed by atoms with Gasteiger partial charge in [0.15, 0.2) is 5.96 Å². The van der Waals surface area contributed by atoms with Crippen LogP contribution in [0, 0.1) is 13.8 Å². The second kappa shape index (κ2) is 11.1. The Balaban J connectivity index is 0.00000338. The molecule has 2 N–H and O–H groups in total. The molecule has 8 heteroatoms. The Morgan fingerprint density at radius 1 is 1.38 bits per heavy atom. The van der Waals surface area contributed by atoms with Crippen LogP contribution in [0.5, 0.6) is 0 Å². The molecular weight excluding hydrogens is 443 g/mol. The standard InChI is InChI=1S/C18H34N6O.HI/c1-7-19-18(20-11-16-12-23(5)8-9-25-16)21-13(2)10-17-14(3)22-24(6)15(17)4;/h13,16H,7-12H2,1-6H3,(H2,19,20,21);1H. The predicted molar refractivity (Wildman–Crippen MR) is 118 cm³/mol. The fourth-order valence-corrected chi connectivity index (χ4v) is 3.19. The third-order valence-electron chi connectivity index (χ3n) is 4.69. The molecule has 1 aromatic rings. The number of guanidine groups is 1. The van der Waals surface area contributed by atoms with Crippen molar-refractivity contribution in [1.29, 1.82) is 0 Å². The van der Waals surface area contributed by atoms with Crippen LogP contribution >= 0.6 is 24.0 Å². The summed E-state index contributed by atoms with van der Waals surface area (Å²) in [6.45, 7) is 12.7. The van der Waals surface area contributed by atoms with Crippen molar-refractivity contribution >= 4 is 29.9 Å². The summed E-state index contributed by atoms with van der Waals surface area (Å²) in [6.07, 6.45) is 1.10. The number of halogens is 1. The first kappa shape index (κ1) is 23.2. The van der Waals surface area contributed by atoms with E-state index in [1.807, 2.05) is 11.7 Å². The molecule has 1 aliphatic rings. The van der Waals surface area contributed by atoms with Crippen molar-refractivity contribution in [2.24, 2.45) is 12.0 Å². The lowest BCUT2D eigenvalue weighted by Gasteiger charge is -2.29. The summed E-state index contributed by atoms with van der Waals surface area (Å²) < 4.78 is 7.75. The van der Waals surface area contributed by atoms with Gasteiger partial charge in [-0.3, -0.25) is 9.67 Å². The van der Waals surface area contributed by atoms with Gasteiger partial charge < -0.3 is 20.3 Å². The Labute approximate surface area is 175 Å². The molecule has 1 fully saturated rings. The number of hydrogen-bond donors (Lipinski definition) is 2. The summed E-state index contributed by atoms with van der Waals surface area (Å²) in [5, 5.41) is 11.4. The summed E-state index contributed by atoms with van der Waals surface area (Å²) in [5.41, 5.74) is 3.65. The molecule has 1 saturated heterocycles. The van der Waals surface area contributed by atoms with E-state index in [4.69, 9.17) is 9.73 Å². The first-order valence-corrected chi connectivity index (χ1v) is 9.24. The minimum absolute atomic E-state index is 0. The largest absolute Gasteiger partial charge is 0.374 e. The SMILES string of the molecule is CCNC(=NCC1CN(C)CCO1)NC(C)Cc1c(C)nn(C)c1C.I. The fraction of sp³-hybridized carbons (Fsp3) is 0.778. The van der Waals surface area contributed by atoms with Crippen LogP contribution in [0.2, 0.25) is 0 Å². The van der Waals surface area contributed by atoms with Gasteiger partial charge in [0.25, 0.3) is 0 Å². The summed E-state index contributed by atoms with van der Waals surface area (Å²) >= 11 is 0. The zero-order valence-electron chi connectivity index (χ0n) is 17.0. The molecule has 7 nitrogen and oxygen atoms in total. The van der Waals surface area contributed by atoms with E-state index in [2.05, 4.69) is 55.4 Å². The van der Waals surface area contributed by atoms with Gasteiger partial charge in [0.1, 0.15) is 0 Å². The number of aliphatic imine (C=N–C) groups is 1. The normalized spacial score (nSPS) is 19.8. The first-order valence-electron chi connectivity index (χ1n) is 9.24. The molecular formula is C18H35IN6O. The molecule has 2 unspecified atom stereocenters. The van der Waals surface area contributed by atoms with Crippen LogP contribution in [0.15, 0.2) is 4.99 Å². The maximum atomic E-state index is 5.80. The van der Waals surface area contributed by atoms with Crippen molar-refractivity contribution in [3.63, 3.8) is 0 Å². The number of rotatable bonds is 6. The molecule has 2 rings (SSSR count). The summed E-state index contributed by atoms with van der Waals surface area (Å²) in [4.78, 5) is 7.02. The van der Waals surface area contributed by atoms with Crippen molar-refractivity contribution in [3.05, 3.63) is 17.0 Å². The Hall–Kier alpha value is -0.870. The minimum atomic E-state index is 0. The Kier molecular flexibility index (Phi) is 9.88. The Bertz CT molecular complexity index is 588. The van der Waals surface area contributed by atoms with Gasteiger partial charge in [-0.1, -0.05) is 0 Å². The van der Waals surface area contributed by atoms with Crippen molar-refractivity contribution in [2.45, 2.75) is 46.3 Å². The molecule has 0 aromatic carbocycles. The van der Waals surface area contributed by atoms with Crippen LogP contribution in [0.1, 0.15) is 30.8 Å². The van der Waals surface area contributed by atoms with Gasteiger partial charge in [-0.25, -0.2) is 0 Å². The number of likely N-dealkylation sites (N-methyl/N-ethyl adjacent to an activating group) is 1. The Morgan fingerprint density at radius 3 is 2.69 bits per heavy atom. The van der Waals surface area contributed by atoms with E-state index in [1.165, 1.54) is 11.3 Å². The van der Waals surface area contributed by atoms with Crippen LogP contribution in [-0.4, -0.2) is 72.6 Å². The molecule has 1 aliphatic heterocycles. The lowest BCUT2D eigenvalue weighted by atomic mass is 10.1. The second-order valence-electron chi connectivity index (χ2n) is 7.00. The zero-order valence-corrected chi connectivity index (χ0v) is 19.3. The highest BCUT2D eigenvalue weighted by Crippen LogP contribution is 2.14. The van der Waals surface area contributed by atoms with E-state index in [0.717, 1.165) is 44.3 Å². The maximum absolute atomic E-state index is 5.80. The maximum Gasteiger partial charge on any atom is 0.191 e. The lowest BCUT2D eigenvalue weighted by Crippen LogP contribution is -2.45. The number of nitrogens with one attached hydrogen (secondary N) is 2. The average molecular weight is 478 g/mol. The third-order valence-corrected chi connectivity index (χ3v) is 4.69. The minimum Gasteiger partial charge on any atom is -0.374 e. The van der Waals surface area contributed by atoms with E-state index >= 15 is 0 Å². The summed E-state index contributed by atoms with van der Waals surface area (Å²) in [5.74, 6) is 0.853. The molecule has 1 aromatic heterocycles. The van der Waals surface area contributed by atoms with Gasteiger partial charge in [-0.05, 0) is 46.7 Å². The van der Waals surface area contributed by atoms with Crippen molar-refractivity contribution in [3.8, 4) is 0 Å². The number of nitrogens with zero attached hydrogens (tertiary/aromatic N) is 4. The van der Waals surface area contributed by atoms with Gasteiger partial charge in [0, 0.05) is 38.4 Å². The summed E-state index contributed by atoms with van der Waals surface area (Å²) in [7, 11) is 4.12. The molecule has 2 atom stereocenters. The lowest BCUT2D eigenvalue weighted by molar-refractivity contribution is -0.0136. The Morgan fingerprint density at radius 2 is 2.12 bits per heavy atom. The van der Waals surface area contributed by atoms with Crippen LogP contribution in [0.4, 0.5) is 0 Å². The van der Waals surface area contributed by atoms with Crippen molar-refractivity contribution in [2.75, 3.05) is 39.8 Å². The van der Waals surface area contributed by atoms with Crippen LogP contribution < -0.4 is 10.6 Å². The number of aromatic nitrogens is 2. The highest BCUT2D eigenvalue weighted by molar-refractivity contribution is 14.0. The van der Waals surface area contributed by atoms with E-state index < -0.39 is 0 Å². The molecule has 150 valence electrons. The van der Waals surface area contributed by atoms with Crippen LogP contribution in [0.25, 0.3) is 0 Å². The highest BCUT2D eigenvalue weighted by Gasteiger charge is 2.18. The van der Waals surface area contributed by atoms with E-state index in [9.17, 15) is 0 Å². The topological polar surface area (TPSA) is 66.7 Å². The van der Waals surface area contributed by atoms with Gasteiger partial charge in [-0.15, -0.1) is 24.0 Å². The summed E-state index contributed by atoms with van der Waals surface area (Å²) in [6, 6.07) is 0.273. The molecule has 0 saturated carbocycles. The van der Waals surface area contributed by atoms with E-state index in [1.54, 1.807) is 0 Å². The average Bonchev–Trinajstić information content (AvgIpc) is 2.79. The molecule has 0 spiro atoms. The fourth-order valence-electron chi connectivity index (χ4n) is 3.19. The quantitative estimate of drug-likeness (QED) is 0.369. The van der Waals surface area contributed by atoms with Crippen LogP contribution in [0.3, 0.4) is 0 Å². The zero-order chi connectivity index (χ0) is 18.4. The number of ether oxygens (including phenoxy) is 1. The number of morpholine rings is 1. The number of aryl methyl sites for hydroxylation is 2. The predicted octanol–water partition coefficient (Wildman–Crippen LogP) is 1.47. The first-order chi connectivity index (χ1) is 11.9. The van der Waals surface area contributed by atoms with Gasteiger partial charge in [-0.2, -0.15) is 5.10 Å². The molecule has 0 amide bonds. The van der Waals surface area contributed by atoms with Gasteiger partial charge >= 0.3 is 0 Å². The molecule has 0 aliphatic carbocycles. The smallest absolute Gasteiger partial charge is 0.191 e. The van der Waals surface area contributed by atoms with Crippen LogP contribution in [-0.2, 0) is 18.2 Å². The molecule has 2 heterocycles. The monoisotopic (exact) mass is 478 g/mol. The van der Waals surface area contributed by atoms with E-state index in [0.29, 0.717) is 6.54 Å². The van der Waals surface area contributed by atoms with Crippen molar-refractivity contribution in [1.82, 2.24) is 25.3 Å². The van der Waals surface area contributed by atoms with E-state index in [-0.39, 0.29) is 36.1 Å². The second-order valence-corrected chi connectivity index (χ2v) is 7.00. The van der Waals surface area contributed by atoms with Crippen molar-refractivity contribution < 1.29 is 4.74 Å².